The van der Waals surface area contributed by atoms with E-state index in [2.05, 4.69) is 14.7 Å². The van der Waals surface area contributed by atoms with Crippen molar-refractivity contribution >= 4 is 31.4 Å². The minimum atomic E-state index is -3.36. The molecule has 0 saturated carbocycles. The van der Waals surface area contributed by atoms with Crippen molar-refractivity contribution in [3.05, 3.63) is 36.0 Å². The molecule has 9 nitrogen and oxygen atoms in total. The van der Waals surface area contributed by atoms with E-state index in [0.717, 1.165) is 6.26 Å². The van der Waals surface area contributed by atoms with Gasteiger partial charge in [0.2, 0.25) is 10.0 Å². The zero-order valence-corrected chi connectivity index (χ0v) is 18.0. The van der Waals surface area contributed by atoms with Crippen LogP contribution in [0, 0.1) is 0 Å². The molecular formula is C18H24N4O5S2. The van der Waals surface area contributed by atoms with E-state index in [1.54, 1.807) is 37.3 Å². The van der Waals surface area contributed by atoms with Crippen LogP contribution in [-0.2, 0) is 30.4 Å². The Kier molecular flexibility index (Phi) is 6.39. The highest BCUT2D eigenvalue weighted by Crippen LogP contribution is 2.23. The van der Waals surface area contributed by atoms with Crippen LogP contribution in [0.25, 0.3) is 11.4 Å². The van der Waals surface area contributed by atoms with Crippen molar-refractivity contribution in [2.75, 3.05) is 47.9 Å². The smallest absolute Gasteiger partial charge is 0.232 e. The fourth-order valence-electron chi connectivity index (χ4n) is 2.85. The summed E-state index contributed by atoms with van der Waals surface area (Å²) in [6, 6.07) is 8.36. The van der Waals surface area contributed by atoms with Crippen molar-refractivity contribution in [2.24, 2.45) is 0 Å². The predicted octanol–water partition coefficient (Wildman–Crippen LogP) is 1.29. The summed E-state index contributed by atoms with van der Waals surface area (Å²) in [5.41, 5.74) is 1.51. The second-order valence-corrected chi connectivity index (χ2v) is 10.9. The molecule has 158 valence electrons. The first-order valence-corrected chi connectivity index (χ1v) is 12.9. The Bertz CT molecular complexity index is 1060. The third-order valence-electron chi connectivity index (χ3n) is 4.31. The molecule has 1 fully saturated rings. The maximum Gasteiger partial charge on any atom is 0.232 e. The van der Waals surface area contributed by atoms with Gasteiger partial charge in [0.1, 0.15) is 5.82 Å². The van der Waals surface area contributed by atoms with E-state index < -0.39 is 19.9 Å². The molecule has 1 saturated heterocycles. The van der Waals surface area contributed by atoms with Crippen LogP contribution in [0.1, 0.15) is 12.6 Å². The molecule has 1 aliphatic heterocycles. The van der Waals surface area contributed by atoms with E-state index >= 15 is 0 Å². The molecule has 0 amide bonds. The van der Waals surface area contributed by atoms with Gasteiger partial charge in [-0.2, -0.15) is 0 Å². The maximum absolute atomic E-state index is 11.8. The molecule has 0 atom stereocenters. The molecule has 1 aliphatic rings. The molecule has 2 heterocycles. The van der Waals surface area contributed by atoms with Gasteiger partial charge in [-0.05, 0) is 31.2 Å². The van der Waals surface area contributed by atoms with E-state index in [9.17, 15) is 16.8 Å². The second kappa shape index (κ2) is 8.64. The summed E-state index contributed by atoms with van der Waals surface area (Å²) < 4.78 is 54.8. The Morgan fingerprint density at radius 1 is 1.07 bits per heavy atom. The molecule has 11 heteroatoms. The number of hydrogen-bond donors (Lipinski definition) is 1. The summed E-state index contributed by atoms with van der Waals surface area (Å²) in [5.74, 6) is 0.827. The number of hydrogen-bond acceptors (Lipinski definition) is 8. The van der Waals surface area contributed by atoms with Gasteiger partial charge in [0.05, 0.1) is 30.4 Å². The summed E-state index contributed by atoms with van der Waals surface area (Å²) in [7, 11) is -6.63. The average molecular weight is 441 g/mol. The summed E-state index contributed by atoms with van der Waals surface area (Å²) in [6.07, 6.45) is 1.16. The summed E-state index contributed by atoms with van der Waals surface area (Å²) >= 11 is 0. The first kappa shape index (κ1) is 21.5. The Balaban J connectivity index is 1.95. The maximum atomic E-state index is 11.8. The Morgan fingerprint density at radius 2 is 1.72 bits per heavy atom. The van der Waals surface area contributed by atoms with Crippen LogP contribution in [0.3, 0.4) is 0 Å². The standard InChI is InChI=1S/C18H24N4O5S2/c1-3-29(25,26)21-15-6-4-14(5-7-15)18-19-16(13-28(2,23)24)12-17(20-18)22-8-10-27-11-9-22/h4-7,12,21H,3,8-11,13H2,1-2H3. The predicted molar refractivity (Wildman–Crippen MR) is 112 cm³/mol. The molecule has 1 aromatic heterocycles. The zero-order chi connectivity index (χ0) is 21.1. The number of nitrogens with zero attached hydrogens (tertiary/aromatic N) is 3. The van der Waals surface area contributed by atoms with E-state index in [1.165, 1.54) is 0 Å². The number of nitrogens with one attached hydrogen (secondary N) is 1. The normalized spacial score (nSPS) is 15.3. The molecule has 29 heavy (non-hydrogen) atoms. The highest BCUT2D eigenvalue weighted by molar-refractivity contribution is 7.92. The van der Waals surface area contributed by atoms with E-state index in [1.807, 2.05) is 4.90 Å². The van der Waals surface area contributed by atoms with E-state index in [4.69, 9.17) is 4.74 Å². The van der Waals surface area contributed by atoms with Crippen molar-refractivity contribution in [1.82, 2.24) is 9.97 Å². The number of morpholine rings is 1. The highest BCUT2D eigenvalue weighted by atomic mass is 32.2. The number of sulfone groups is 1. The molecule has 1 aromatic carbocycles. The number of benzene rings is 1. The molecule has 0 radical (unpaired) electrons. The third-order valence-corrected chi connectivity index (χ3v) is 6.43. The summed E-state index contributed by atoms with van der Waals surface area (Å²) in [4.78, 5) is 11.1. The minimum absolute atomic E-state index is 0.0195. The van der Waals surface area contributed by atoms with Gasteiger partial charge in [0.15, 0.2) is 15.7 Å². The van der Waals surface area contributed by atoms with Gasteiger partial charge in [-0.1, -0.05) is 0 Å². The van der Waals surface area contributed by atoms with E-state index in [0.29, 0.717) is 54.9 Å². The fraction of sp³-hybridized carbons (Fsp3) is 0.444. The van der Waals surface area contributed by atoms with Crippen molar-refractivity contribution in [3.8, 4) is 11.4 Å². The molecule has 0 spiro atoms. The largest absolute Gasteiger partial charge is 0.378 e. The quantitative estimate of drug-likeness (QED) is 0.684. The van der Waals surface area contributed by atoms with Gasteiger partial charge < -0.3 is 9.64 Å². The van der Waals surface area contributed by atoms with Crippen LogP contribution in [0.15, 0.2) is 30.3 Å². The van der Waals surface area contributed by atoms with Crippen LogP contribution in [0.2, 0.25) is 0 Å². The van der Waals surface area contributed by atoms with Crippen molar-refractivity contribution in [1.29, 1.82) is 0 Å². The number of ether oxygens (including phenoxy) is 1. The summed E-state index contributed by atoms with van der Waals surface area (Å²) in [6.45, 7) is 4.03. The Morgan fingerprint density at radius 3 is 2.31 bits per heavy atom. The monoisotopic (exact) mass is 440 g/mol. The van der Waals surface area contributed by atoms with Gasteiger partial charge in [0, 0.05) is 36.7 Å². The average Bonchev–Trinajstić information content (AvgIpc) is 2.67. The molecule has 0 unspecified atom stereocenters. The minimum Gasteiger partial charge on any atom is -0.378 e. The SMILES string of the molecule is CCS(=O)(=O)Nc1ccc(-c2nc(CS(C)(=O)=O)cc(N3CCOCC3)n2)cc1. The van der Waals surface area contributed by atoms with Crippen molar-refractivity contribution in [2.45, 2.75) is 12.7 Å². The van der Waals surface area contributed by atoms with Gasteiger partial charge in [0.25, 0.3) is 0 Å². The lowest BCUT2D eigenvalue weighted by Gasteiger charge is -2.28. The second-order valence-electron chi connectivity index (χ2n) is 6.79. The van der Waals surface area contributed by atoms with Crippen LogP contribution < -0.4 is 9.62 Å². The van der Waals surface area contributed by atoms with Gasteiger partial charge in [-0.25, -0.2) is 26.8 Å². The van der Waals surface area contributed by atoms with Gasteiger partial charge in [-0.15, -0.1) is 0 Å². The molecule has 0 aliphatic carbocycles. The highest BCUT2D eigenvalue weighted by Gasteiger charge is 2.17. The number of anilines is 2. The Hall–Kier alpha value is -2.24. The van der Waals surface area contributed by atoms with Crippen LogP contribution in [-0.4, -0.2) is 65.1 Å². The fourth-order valence-corrected chi connectivity index (χ4v) is 4.17. The Labute approximate surface area is 171 Å². The first-order valence-electron chi connectivity index (χ1n) is 9.14. The molecule has 3 rings (SSSR count). The van der Waals surface area contributed by atoms with Gasteiger partial charge >= 0.3 is 0 Å². The lowest BCUT2D eigenvalue weighted by molar-refractivity contribution is 0.122. The third kappa shape index (κ3) is 6.12. The first-order chi connectivity index (χ1) is 13.6. The zero-order valence-electron chi connectivity index (χ0n) is 16.3. The van der Waals surface area contributed by atoms with Crippen molar-refractivity contribution < 1.29 is 21.6 Å². The number of sulfonamides is 1. The number of aromatic nitrogens is 2. The van der Waals surface area contributed by atoms with Crippen LogP contribution in [0.5, 0.6) is 0 Å². The molecule has 0 bridgehead atoms. The van der Waals surface area contributed by atoms with Gasteiger partial charge in [-0.3, -0.25) is 4.72 Å². The lowest BCUT2D eigenvalue weighted by Crippen LogP contribution is -2.37. The molecular weight excluding hydrogens is 416 g/mol. The topological polar surface area (TPSA) is 119 Å². The van der Waals surface area contributed by atoms with E-state index in [-0.39, 0.29) is 11.5 Å². The van der Waals surface area contributed by atoms with Crippen LogP contribution in [0.4, 0.5) is 11.5 Å². The van der Waals surface area contributed by atoms with Crippen LogP contribution >= 0.6 is 0 Å². The molecule has 2 aromatic rings. The lowest BCUT2D eigenvalue weighted by atomic mass is 10.2. The number of rotatable bonds is 7. The summed E-state index contributed by atoms with van der Waals surface area (Å²) in [5, 5.41) is 0. The van der Waals surface area contributed by atoms with Crippen molar-refractivity contribution in [3.63, 3.8) is 0 Å². The molecule has 1 N–H and O–H groups in total.